The van der Waals surface area contributed by atoms with Crippen LogP contribution in [0.2, 0.25) is 0 Å². The molecule has 0 aliphatic carbocycles. The highest BCUT2D eigenvalue weighted by molar-refractivity contribution is 5.73. The number of hydrogen-bond donors (Lipinski definition) is 0. The first-order valence-corrected chi connectivity index (χ1v) is 4.42. The van der Waals surface area contributed by atoms with E-state index in [0.29, 0.717) is 5.56 Å². The van der Waals surface area contributed by atoms with E-state index in [1.165, 1.54) is 0 Å². The zero-order chi connectivity index (χ0) is 9.52. The molecule has 0 fully saturated rings. The largest absolute Gasteiger partial charge is 0.382 e. The summed E-state index contributed by atoms with van der Waals surface area (Å²) in [5, 5.41) is 4.01. The first-order chi connectivity index (χ1) is 6.36. The van der Waals surface area contributed by atoms with Gasteiger partial charge in [0.1, 0.15) is 0 Å². The van der Waals surface area contributed by atoms with Crippen LogP contribution in [0.15, 0.2) is 12.4 Å². The molecule has 1 aromatic rings. The molecule has 0 saturated carbocycles. The Morgan fingerprint density at radius 1 is 1.69 bits per heavy atom. The minimum atomic E-state index is 0.622. The van der Waals surface area contributed by atoms with Crippen LogP contribution in [0.25, 0.3) is 0 Å². The van der Waals surface area contributed by atoms with Crippen molar-refractivity contribution in [3.63, 3.8) is 0 Å². The van der Waals surface area contributed by atoms with Crippen LogP contribution in [0, 0.1) is 0 Å². The number of ether oxygens (including phenoxy) is 1. The lowest BCUT2D eigenvalue weighted by molar-refractivity contribution is 0.112. The van der Waals surface area contributed by atoms with E-state index < -0.39 is 0 Å². The molecule has 0 aliphatic heterocycles. The van der Waals surface area contributed by atoms with Gasteiger partial charge in [-0.1, -0.05) is 0 Å². The van der Waals surface area contributed by atoms with E-state index >= 15 is 0 Å². The van der Waals surface area contributed by atoms with Crippen LogP contribution in [0.1, 0.15) is 23.7 Å². The maximum absolute atomic E-state index is 10.3. The van der Waals surface area contributed by atoms with Crippen molar-refractivity contribution in [3.8, 4) is 0 Å². The quantitative estimate of drug-likeness (QED) is 0.489. The van der Waals surface area contributed by atoms with E-state index in [9.17, 15) is 4.79 Å². The normalized spacial score (nSPS) is 10.2. The van der Waals surface area contributed by atoms with Crippen LogP contribution >= 0.6 is 0 Å². The van der Waals surface area contributed by atoms with Crippen molar-refractivity contribution in [2.24, 2.45) is 0 Å². The Morgan fingerprint density at radius 3 is 3.15 bits per heavy atom. The summed E-state index contributed by atoms with van der Waals surface area (Å²) in [6.07, 6.45) is 5.02. The monoisotopic (exact) mass is 182 g/mol. The number of rotatable bonds is 6. The van der Waals surface area contributed by atoms with Gasteiger partial charge in [0.2, 0.25) is 0 Å². The molecule has 1 rings (SSSR count). The lowest BCUT2D eigenvalue weighted by Gasteiger charge is -2.00. The Labute approximate surface area is 77.5 Å². The number of nitrogens with zero attached hydrogens (tertiary/aromatic N) is 2. The highest BCUT2D eigenvalue weighted by Crippen LogP contribution is 1.95. The molecule has 4 nitrogen and oxygen atoms in total. The highest BCUT2D eigenvalue weighted by atomic mass is 16.5. The van der Waals surface area contributed by atoms with Gasteiger partial charge in [-0.2, -0.15) is 5.10 Å². The van der Waals surface area contributed by atoms with Gasteiger partial charge in [0.25, 0.3) is 0 Å². The predicted molar refractivity (Wildman–Crippen MR) is 48.7 cm³/mol. The molecular formula is C9H14N2O2. The Bertz CT molecular complexity index is 258. The average Bonchev–Trinajstić information content (AvgIpc) is 2.60. The van der Waals surface area contributed by atoms with E-state index in [4.69, 9.17) is 4.74 Å². The minimum Gasteiger partial charge on any atom is -0.382 e. The Hall–Kier alpha value is -1.16. The van der Waals surface area contributed by atoms with Gasteiger partial charge >= 0.3 is 0 Å². The van der Waals surface area contributed by atoms with Crippen LogP contribution in [-0.4, -0.2) is 29.3 Å². The molecule has 0 spiro atoms. The number of aryl methyl sites for hydroxylation is 1. The second kappa shape index (κ2) is 5.48. The summed E-state index contributed by atoms with van der Waals surface area (Å²) in [5.74, 6) is 0. The van der Waals surface area contributed by atoms with Crippen LogP contribution in [0.3, 0.4) is 0 Å². The van der Waals surface area contributed by atoms with E-state index in [-0.39, 0.29) is 0 Å². The third-order valence-corrected chi connectivity index (χ3v) is 1.67. The molecule has 0 aliphatic rings. The molecule has 4 heteroatoms. The summed E-state index contributed by atoms with van der Waals surface area (Å²) in [6.45, 7) is 4.26. The second-order valence-electron chi connectivity index (χ2n) is 2.71. The average molecular weight is 182 g/mol. The SMILES string of the molecule is CCOCCCn1cc(C=O)cn1. The zero-order valence-electron chi connectivity index (χ0n) is 7.77. The van der Waals surface area contributed by atoms with Crippen LogP contribution in [0.5, 0.6) is 0 Å². The maximum Gasteiger partial charge on any atom is 0.153 e. The molecule has 0 unspecified atom stereocenters. The lowest BCUT2D eigenvalue weighted by atomic mass is 10.4. The Morgan fingerprint density at radius 2 is 2.54 bits per heavy atom. The van der Waals surface area contributed by atoms with Crippen molar-refractivity contribution in [2.45, 2.75) is 19.9 Å². The number of carbonyl (C=O) groups is 1. The summed E-state index contributed by atoms with van der Waals surface area (Å²) in [7, 11) is 0. The molecule has 1 aromatic heterocycles. The van der Waals surface area contributed by atoms with Crippen molar-refractivity contribution < 1.29 is 9.53 Å². The first kappa shape index (κ1) is 9.92. The molecule has 0 aromatic carbocycles. The number of aldehydes is 1. The maximum atomic E-state index is 10.3. The zero-order valence-corrected chi connectivity index (χ0v) is 7.77. The molecule has 0 amide bonds. The fourth-order valence-electron chi connectivity index (χ4n) is 1.04. The highest BCUT2D eigenvalue weighted by Gasteiger charge is 1.95. The fraction of sp³-hybridized carbons (Fsp3) is 0.556. The molecule has 0 atom stereocenters. The second-order valence-corrected chi connectivity index (χ2v) is 2.71. The van der Waals surface area contributed by atoms with Gasteiger partial charge in [-0.25, -0.2) is 0 Å². The lowest BCUT2D eigenvalue weighted by Crippen LogP contribution is -2.02. The summed E-state index contributed by atoms with van der Waals surface area (Å²) in [6, 6.07) is 0. The van der Waals surface area contributed by atoms with Gasteiger partial charge in [-0.05, 0) is 13.3 Å². The van der Waals surface area contributed by atoms with Gasteiger partial charge < -0.3 is 4.74 Å². The molecule has 72 valence electrons. The smallest absolute Gasteiger partial charge is 0.153 e. The van der Waals surface area contributed by atoms with E-state index in [0.717, 1.165) is 32.5 Å². The van der Waals surface area contributed by atoms with Crippen LogP contribution < -0.4 is 0 Å². The Kier molecular flexibility index (Phi) is 4.18. The van der Waals surface area contributed by atoms with Gasteiger partial charge in [-0.3, -0.25) is 9.48 Å². The van der Waals surface area contributed by atoms with Crippen LogP contribution in [-0.2, 0) is 11.3 Å². The molecule has 13 heavy (non-hydrogen) atoms. The van der Waals surface area contributed by atoms with E-state index in [1.54, 1.807) is 17.1 Å². The fourth-order valence-corrected chi connectivity index (χ4v) is 1.04. The molecule has 1 heterocycles. The summed E-state index contributed by atoms with van der Waals surface area (Å²) in [5.41, 5.74) is 0.622. The van der Waals surface area contributed by atoms with Crippen molar-refractivity contribution in [3.05, 3.63) is 18.0 Å². The number of hydrogen-bond acceptors (Lipinski definition) is 3. The third-order valence-electron chi connectivity index (χ3n) is 1.67. The van der Waals surface area contributed by atoms with Crippen molar-refractivity contribution >= 4 is 6.29 Å². The topological polar surface area (TPSA) is 44.1 Å². The summed E-state index contributed by atoms with van der Waals surface area (Å²) < 4.78 is 6.93. The molecular weight excluding hydrogens is 168 g/mol. The number of aromatic nitrogens is 2. The molecule has 0 N–H and O–H groups in total. The van der Waals surface area contributed by atoms with Crippen molar-refractivity contribution in [2.75, 3.05) is 13.2 Å². The number of carbonyl (C=O) groups excluding carboxylic acids is 1. The minimum absolute atomic E-state index is 0.622. The van der Waals surface area contributed by atoms with Crippen LogP contribution in [0.4, 0.5) is 0 Å². The van der Waals surface area contributed by atoms with Gasteiger partial charge in [0.05, 0.1) is 11.8 Å². The van der Waals surface area contributed by atoms with Crippen molar-refractivity contribution in [1.82, 2.24) is 9.78 Å². The van der Waals surface area contributed by atoms with Gasteiger partial charge in [0, 0.05) is 26.0 Å². The summed E-state index contributed by atoms with van der Waals surface area (Å²) >= 11 is 0. The molecule has 0 radical (unpaired) electrons. The van der Waals surface area contributed by atoms with Gasteiger partial charge in [0.15, 0.2) is 6.29 Å². The van der Waals surface area contributed by atoms with Crippen molar-refractivity contribution in [1.29, 1.82) is 0 Å². The Balaban J connectivity index is 2.24. The molecule has 0 bridgehead atoms. The van der Waals surface area contributed by atoms with E-state index in [2.05, 4.69) is 5.10 Å². The third kappa shape index (κ3) is 3.38. The predicted octanol–water partition coefficient (Wildman–Crippen LogP) is 1.12. The van der Waals surface area contributed by atoms with Gasteiger partial charge in [-0.15, -0.1) is 0 Å². The molecule has 0 saturated heterocycles. The first-order valence-electron chi connectivity index (χ1n) is 4.42. The summed E-state index contributed by atoms with van der Waals surface area (Å²) in [4.78, 5) is 10.3. The standard InChI is InChI=1S/C9H14N2O2/c1-2-13-5-3-4-11-7-9(8-12)6-10-11/h6-8H,2-5H2,1H3. The van der Waals surface area contributed by atoms with E-state index in [1.807, 2.05) is 6.92 Å².